The van der Waals surface area contributed by atoms with Gasteiger partial charge in [0.2, 0.25) is 0 Å². The number of anilines is 1. The van der Waals surface area contributed by atoms with Crippen molar-refractivity contribution < 1.29 is 14.2 Å². The molecule has 1 saturated carbocycles. The van der Waals surface area contributed by atoms with Gasteiger partial charge in [-0.3, -0.25) is 4.57 Å². The maximum absolute atomic E-state index is 6.09. The van der Waals surface area contributed by atoms with Crippen molar-refractivity contribution in [1.82, 2.24) is 19.5 Å². The number of aromatic nitrogens is 4. The molecule has 9 heteroatoms. The van der Waals surface area contributed by atoms with E-state index in [2.05, 4.69) is 16.0 Å². The molecule has 1 aromatic carbocycles. The first kappa shape index (κ1) is 23.9. The number of rotatable bonds is 8. The molecule has 0 amide bonds. The molecule has 5 aliphatic rings. The molecule has 3 fully saturated rings. The molecule has 4 unspecified atom stereocenters. The first-order valence-electron chi connectivity index (χ1n) is 12.0. The van der Waals surface area contributed by atoms with Gasteiger partial charge >= 0.3 is 0 Å². The minimum atomic E-state index is -0.373. The lowest BCUT2D eigenvalue weighted by molar-refractivity contribution is -0.0647. The van der Waals surface area contributed by atoms with Crippen LogP contribution in [0.25, 0.3) is 11.5 Å². The third-order valence-corrected chi connectivity index (χ3v) is 7.23. The summed E-state index contributed by atoms with van der Waals surface area (Å²) < 4.78 is 18.7. The highest BCUT2D eigenvalue weighted by molar-refractivity contribution is 7.09. The summed E-state index contributed by atoms with van der Waals surface area (Å²) in [4.78, 5) is 14.9. The van der Waals surface area contributed by atoms with Crippen molar-refractivity contribution in [3.63, 3.8) is 0 Å². The molecule has 8 nitrogen and oxygen atoms in total. The Kier molecular flexibility index (Phi) is 7.38. The van der Waals surface area contributed by atoms with Crippen molar-refractivity contribution in [1.29, 1.82) is 0 Å². The monoisotopic (exact) mass is 493 g/mol. The van der Waals surface area contributed by atoms with Gasteiger partial charge in [0.15, 0.2) is 23.6 Å². The van der Waals surface area contributed by atoms with E-state index in [0.29, 0.717) is 48.6 Å². The average Bonchev–Trinajstić information content (AvgIpc) is 3.66. The van der Waals surface area contributed by atoms with Gasteiger partial charge in [-0.15, -0.1) is 11.3 Å². The third-order valence-electron chi connectivity index (χ3n) is 6.38. The fourth-order valence-corrected chi connectivity index (χ4v) is 5.11. The summed E-state index contributed by atoms with van der Waals surface area (Å²) in [5.41, 5.74) is 7.65. The quantitative estimate of drug-likeness (QED) is 0.374. The first-order valence-corrected chi connectivity index (χ1v) is 12.8. The number of nitrogen functional groups attached to an aromatic ring is 1. The lowest BCUT2D eigenvalue weighted by Gasteiger charge is -2.23. The summed E-state index contributed by atoms with van der Waals surface area (Å²) >= 11 is 1.68. The predicted octanol–water partition coefficient (Wildman–Crippen LogP) is 4.87. The second kappa shape index (κ2) is 10.8. The van der Waals surface area contributed by atoms with Crippen molar-refractivity contribution >= 4 is 17.2 Å². The number of benzene rings is 1. The maximum atomic E-state index is 6.09. The summed E-state index contributed by atoms with van der Waals surface area (Å²) in [6, 6.07) is 14.0. The van der Waals surface area contributed by atoms with E-state index in [1.165, 1.54) is 24.1 Å². The lowest BCUT2D eigenvalue weighted by atomic mass is 10.2. The van der Waals surface area contributed by atoms with Gasteiger partial charge in [-0.25, -0.2) is 15.0 Å². The van der Waals surface area contributed by atoms with Gasteiger partial charge in [-0.2, -0.15) is 0 Å². The third kappa shape index (κ3) is 5.38. The zero-order valence-electron chi connectivity index (χ0n) is 20.0. The van der Waals surface area contributed by atoms with E-state index in [0.717, 1.165) is 5.56 Å². The first-order chi connectivity index (χ1) is 17.1. The zero-order valence-corrected chi connectivity index (χ0v) is 20.9. The molecule has 2 N–H and O–H groups in total. The Labute approximate surface area is 209 Å². The van der Waals surface area contributed by atoms with Crippen LogP contribution in [0.4, 0.5) is 5.82 Å². The molecular formula is C26H31N5O3S. The number of hydrogen-bond donors (Lipinski definition) is 1. The number of ether oxygens (including phenoxy) is 3. The summed E-state index contributed by atoms with van der Waals surface area (Å²) in [5, 5.41) is 2.04. The van der Waals surface area contributed by atoms with Crippen LogP contribution in [0.2, 0.25) is 0 Å². The Morgan fingerprint density at radius 1 is 1.14 bits per heavy atom. The summed E-state index contributed by atoms with van der Waals surface area (Å²) in [5.74, 6) is 1.70. The van der Waals surface area contributed by atoms with Crippen molar-refractivity contribution in [3.05, 3.63) is 70.4 Å². The highest BCUT2D eigenvalue weighted by Gasteiger charge is 2.36. The van der Waals surface area contributed by atoms with Gasteiger partial charge in [-0.1, -0.05) is 43.3 Å². The van der Waals surface area contributed by atoms with Crippen LogP contribution >= 0.6 is 11.3 Å². The van der Waals surface area contributed by atoms with Gasteiger partial charge in [0.1, 0.15) is 12.2 Å². The van der Waals surface area contributed by atoms with Crippen molar-refractivity contribution in [3.8, 4) is 11.5 Å². The second-order valence-electron chi connectivity index (χ2n) is 8.98. The molecule has 0 spiro atoms. The van der Waals surface area contributed by atoms with Crippen molar-refractivity contribution in [2.24, 2.45) is 0 Å². The average molecular weight is 494 g/mol. The fraction of sp³-hybridized carbons (Fsp3) is 0.423. The predicted molar refractivity (Wildman–Crippen MR) is 135 cm³/mol. The van der Waals surface area contributed by atoms with E-state index in [9.17, 15) is 0 Å². The Morgan fingerprint density at radius 2 is 1.91 bits per heavy atom. The highest BCUT2D eigenvalue weighted by atomic mass is 32.1. The van der Waals surface area contributed by atoms with E-state index >= 15 is 0 Å². The minimum Gasteiger partial charge on any atom is -0.382 e. The molecule has 1 aromatic heterocycles. The summed E-state index contributed by atoms with van der Waals surface area (Å²) in [6.07, 6.45) is 6.69. The molecule has 5 heterocycles. The number of fused-ring (bicyclic) bond motifs is 2. The van der Waals surface area contributed by atoms with Gasteiger partial charge in [0, 0.05) is 23.5 Å². The highest BCUT2D eigenvalue weighted by Crippen LogP contribution is 2.36. The molecule has 35 heavy (non-hydrogen) atoms. The van der Waals surface area contributed by atoms with Crippen LogP contribution in [0.1, 0.15) is 54.6 Å². The van der Waals surface area contributed by atoms with Crippen LogP contribution in [-0.2, 0) is 20.8 Å². The zero-order chi connectivity index (χ0) is 24.2. The van der Waals surface area contributed by atoms with E-state index in [1.807, 2.05) is 53.3 Å². The largest absolute Gasteiger partial charge is 0.382 e. The van der Waals surface area contributed by atoms with E-state index in [1.54, 1.807) is 24.8 Å². The van der Waals surface area contributed by atoms with E-state index in [-0.39, 0.29) is 12.1 Å². The number of nitrogens with zero attached hydrogens (tertiary/aromatic N) is 4. The molecule has 1 aliphatic carbocycles. The van der Waals surface area contributed by atoms with Crippen LogP contribution in [0.3, 0.4) is 0 Å². The number of thiophene rings is 1. The molecule has 7 rings (SSSR count). The Balaban J connectivity index is 0.000000362. The normalized spacial score (nSPS) is 20.2. The van der Waals surface area contributed by atoms with Crippen molar-refractivity contribution in [2.45, 2.75) is 57.1 Å². The van der Waals surface area contributed by atoms with Crippen LogP contribution in [0.5, 0.6) is 0 Å². The van der Waals surface area contributed by atoms with Crippen LogP contribution in [0.15, 0.2) is 54.2 Å². The Morgan fingerprint density at radius 3 is 2.54 bits per heavy atom. The molecular weight excluding hydrogens is 462 g/mol. The Hall–Kier alpha value is -2.85. The van der Waals surface area contributed by atoms with Crippen LogP contribution < -0.4 is 5.73 Å². The fourth-order valence-electron chi connectivity index (χ4n) is 4.47. The van der Waals surface area contributed by atoms with Gasteiger partial charge in [-0.05, 0) is 30.7 Å². The lowest BCUT2D eigenvalue weighted by Crippen LogP contribution is -2.25. The molecule has 4 aliphatic heterocycles. The molecule has 2 aromatic rings. The molecule has 2 saturated heterocycles. The summed E-state index contributed by atoms with van der Waals surface area (Å²) in [7, 11) is 1.66. The number of hydrogen-bond acceptors (Lipinski definition) is 8. The Bertz CT molecular complexity index is 1160. The number of nitrogens with two attached hydrogens (primary N) is 1. The SMILES string of the molecule is C1CC2CC1O2.COC(c1ccccc1)n1cnc(N)c2nc(C(C)COCc3cccs3)nc1-2. The van der Waals surface area contributed by atoms with Crippen LogP contribution in [-0.4, -0.2) is 45.4 Å². The van der Waals surface area contributed by atoms with E-state index < -0.39 is 0 Å². The van der Waals surface area contributed by atoms with Crippen LogP contribution in [0, 0.1) is 0 Å². The molecule has 2 bridgehead atoms. The van der Waals surface area contributed by atoms with Gasteiger partial charge in [0.25, 0.3) is 0 Å². The number of methoxy groups -OCH3 is 1. The van der Waals surface area contributed by atoms with Crippen molar-refractivity contribution in [2.75, 3.05) is 19.5 Å². The number of imidazole rings is 1. The molecule has 4 atom stereocenters. The summed E-state index contributed by atoms with van der Waals surface area (Å²) in [6.45, 7) is 3.15. The van der Waals surface area contributed by atoms with Gasteiger partial charge in [0.05, 0.1) is 25.4 Å². The molecule has 184 valence electrons. The maximum Gasteiger partial charge on any atom is 0.168 e. The second-order valence-corrected chi connectivity index (χ2v) is 10.0. The standard InChI is InChI=1S/C21H23N5O2S.C5H8O/c1-14(11-28-12-16-9-6-10-29-16)19-24-17-18(22)23-13-26(20(17)25-19)21(27-2)15-7-4-3-5-8-15;1-2-5-3-4(1)6-5/h3-10,13-14,21H,11-12,22H2,1-2H3;4-5H,1-3H2. The molecule has 0 radical (unpaired) electrons. The minimum absolute atomic E-state index is 0.0212. The van der Waals surface area contributed by atoms with E-state index in [4.69, 9.17) is 24.9 Å². The van der Waals surface area contributed by atoms with Gasteiger partial charge < -0.3 is 19.9 Å². The topological polar surface area (TPSA) is 97.3 Å². The smallest absolute Gasteiger partial charge is 0.168 e.